The van der Waals surface area contributed by atoms with E-state index in [0.717, 1.165) is 6.42 Å². The molecule has 1 aromatic rings. The SMILES string of the molecule is CC(C)CCN(C)S(=O)(=O)c1ncccc1NN. The van der Waals surface area contributed by atoms with Crippen LogP contribution in [0.3, 0.4) is 0 Å². The Bertz CT molecular complexity index is 488. The summed E-state index contributed by atoms with van der Waals surface area (Å²) in [6, 6.07) is 3.21. The van der Waals surface area contributed by atoms with Gasteiger partial charge in [-0.1, -0.05) is 13.8 Å². The Labute approximate surface area is 108 Å². The minimum Gasteiger partial charge on any atom is -0.321 e. The fraction of sp³-hybridized carbons (Fsp3) is 0.545. The van der Waals surface area contributed by atoms with Gasteiger partial charge in [0.15, 0.2) is 5.03 Å². The molecule has 0 aliphatic heterocycles. The van der Waals surface area contributed by atoms with Crippen molar-refractivity contribution in [2.45, 2.75) is 25.3 Å². The number of hydrogen-bond acceptors (Lipinski definition) is 5. The van der Waals surface area contributed by atoms with E-state index in [1.165, 1.54) is 10.5 Å². The fourth-order valence-electron chi connectivity index (χ4n) is 1.41. The van der Waals surface area contributed by atoms with E-state index in [0.29, 0.717) is 18.2 Å². The maximum Gasteiger partial charge on any atom is 0.262 e. The van der Waals surface area contributed by atoms with E-state index in [4.69, 9.17) is 5.84 Å². The van der Waals surface area contributed by atoms with E-state index in [1.54, 1.807) is 19.2 Å². The first kappa shape index (κ1) is 14.9. The third-order valence-electron chi connectivity index (χ3n) is 2.60. The van der Waals surface area contributed by atoms with Gasteiger partial charge in [0.05, 0.1) is 5.69 Å². The number of hydrazine groups is 1. The van der Waals surface area contributed by atoms with Gasteiger partial charge in [0.25, 0.3) is 10.0 Å². The first-order valence-electron chi connectivity index (χ1n) is 5.77. The van der Waals surface area contributed by atoms with Crippen LogP contribution in [-0.2, 0) is 10.0 Å². The lowest BCUT2D eigenvalue weighted by atomic mass is 10.1. The van der Waals surface area contributed by atoms with Crippen LogP contribution in [0, 0.1) is 5.92 Å². The molecule has 0 unspecified atom stereocenters. The number of hydrogen-bond donors (Lipinski definition) is 2. The summed E-state index contributed by atoms with van der Waals surface area (Å²) in [7, 11) is -2.05. The van der Waals surface area contributed by atoms with E-state index < -0.39 is 10.0 Å². The third kappa shape index (κ3) is 3.41. The zero-order chi connectivity index (χ0) is 13.8. The number of nitrogen functional groups attached to an aromatic ring is 1. The van der Waals surface area contributed by atoms with Crippen molar-refractivity contribution in [3.05, 3.63) is 18.3 Å². The zero-order valence-electron chi connectivity index (χ0n) is 10.9. The van der Waals surface area contributed by atoms with Crippen molar-refractivity contribution >= 4 is 15.7 Å². The van der Waals surface area contributed by atoms with Crippen molar-refractivity contribution in [3.8, 4) is 0 Å². The Kier molecular flexibility index (Phi) is 5.06. The maximum absolute atomic E-state index is 12.3. The third-order valence-corrected chi connectivity index (χ3v) is 4.42. The minimum atomic E-state index is -3.60. The predicted octanol–water partition coefficient (Wildman–Crippen LogP) is 1.03. The van der Waals surface area contributed by atoms with Gasteiger partial charge in [0.1, 0.15) is 0 Å². The maximum atomic E-state index is 12.3. The smallest absolute Gasteiger partial charge is 0.262 e. The molecule has 0 saturated heterocycles. The number of sulfonamides is 1. The second-order valence-corrected chi connectivity index (χ2v) is 6.47. The first-order valence-corrected chi connectivity index (χ1v) is 7.21. The number of nitrogens with one attached hydrogen (secondary N) is 1. The molecule has 7 heteroatoms. The number of nitrogens with two attached hydrogens (primary N) is 1. The molecule has 3 N–H and O–H groups in total. The van der Waals surface area contributed by atoms with Crippen molar-refractivity contribution in [1.29, 1.82) is 0 Å². The van der Waals surface area contributed by atoms with Gasteiger partial charge >= 0.3 is 0 Å². The van der Waals surface area contributed by atoms with Crippen LogP contribution in [0.4, 0.5) is 5.69 Å². The fourth-order valence-corrected chi connectivity index (χ4v) is 2.65. The van der Waals surface area contributed by atoms with Crippen molar-refractivity contribution in [2.75, 3.05) is 19.0 Å². The monoisotopic (exact) mass is 272 g/mol. The van der Waals surface area contributed by atoms with Crippen molar-refractivity contribution in [2.24, 2.45) is 11.8 Å². The average Bonchev–Trinajstić information content (AvgIpc) is 2.35. The largest absolute Gasteiger partial charge is 0.321 e. The standard InChI is InChI=1S/C11H20N4O2S/c1-9(2)6-8-15(3)18(16,17)11-10(14-12)5-4-7-13-11/h4-5,7,9,14H,6,8,12H2,1-3H3. The topological polar surface area (TPSA) is 88.3 Å². The summed E-state index contributed by atoms with van der Waals surface area (Å²) in [5, 5.41) is -0.0428. The summed E-state index contributed by atoms with van der Waals surface area (Å²) in [6.07, 6.45) is 2.23. The molecule has 0 radical (unpaired) electrons. The van der Waals surface area contributed by atoms with Crippen molar-refractivity contribution < 1.29 is 8.42 Å². The van der Waals surface area contributed by atoms with Crippen LogP contribution in [0.5, 0.6) is 0 Å². The number of rotatable bonds is 6. The van der Waals surface area contributed by atoms with Gasteiger partial charge in [-0.3, -0.25) is 5.84 Å². The van der Waals surface area contributed by atoms with Gasteiger partial charge in [0, 0.05) is 19.8 Å². The van der Waals surface area contributed by atoms with Gasteiger partial charge in [-0.25, -0.2) is 13.4 Å². The number of aromatic nitrogens is 1. The van der Waals surface area contributed by atoms with Crippen LogP contribution in [0.1, 0.15) is 20.3 Å². The highest BCUT2D eigenvalue weighted by Gasteiger charge is 2.25. The van der Waals surface area contributed by atoms with E-state index in [2.05, 4.69) is 10.4 Å². The lowest BCUT2D eigenvalue weighted by Gasteiger charge is -2.18. The van der Waals surface area contributed by atoms with Crippen LogP contribution in [-0.4, -0.2) is 31.3 Å². The molecule has 1 heterocycles. The molecule has 18 heavy (non-hydrogen) atoms. The molecule has 102 valence electrons. The highest BCUT2D eigenvalue weighted by Crippen LogP contribution is 2.20. The molecule has 0 fully saturated rings. The van der Waals surface area contributed by atoms with Crippen LogP contribution in [0.15, 0.2) is 23.4 Å². The molecular weight excluding hydrogens is 252 g/mol. The summed E-state index contributed by atoms with van der Waals surface area (Å²) < 4.78 is 25.9. The average molecular weight is 272 g/mol. The molecule has 0 aromatic carbocycles. The van der Waals surface area contributed by atoms with Crippen molar-refractivity contribution in [1.82, 2.24) is 9.29 Å². The summed E-state index contributed by atoms with van der Waals surface area (Å²) in [5.41, 5.74) is 2.65. The summed E-state index contributed by atoms with van der Waals surface area (Å²) in [5.74, 6) is 5.74. The number of nitrogens with zero attached hydrogens (tertiary/aromatic N) is 2. The molecule has 0 saturated carbocycles. The van der Waals surface area contributed by atoms with Crippen LogP contribution >= 0.6 is 0 Å². The molecular formula is C11H20N4O2S. The summed E-state index contributed by atoms with van der Waals surface area (Å²) >= 11 is 0. The lowest BCUT2D eigenvalue weighted by Crippen LogP contribution is -2.30. The molecule has 6 nitrogen and oxygen atoms in total. The Morgan fingerprint density at radius 1 is 1.50 bits per heavy atom. The molecule has 0 spiro atoms. The zero-order valence-corrected chi connectivity index (χ0v) is 11.7. The Hall–Kier alpha value is -1.18. The van der Waals surface area contributed by atoms with Gasteiger partial charge in [0.2, 0.25) is 0 Å². The molecule has 1 aromatic heterocycles. The van der Waals surface area contributed by atoms with Crippen LogP contribution < -0.4 is 11.3 Å². The first-order chi connectivity index (χ1) is 8.39. The lowest BCUT2D eigenvalue weighted by molar-refractivity contribution is 0.426. The van der Waals surface area contributed by atoms with Gasteiger partial charge in [-0.15, -0.1) is 0 Å². The molecule has 0 aliphatic carbocycles. The molecule has 0 amide bonds. The van der Waals surface area contributed by atoms with Gasteiger partial charge in [-0.2, -0.15) is 4.31 Å². The number of anilines is 1. The Balaban J connectivity index is 2.98. The second-order valence-electron chi connectivity index (χ2n) is 4.51. The highest BCUT2D eigenvalue weighted by molar-refractivity contribution is 7.89. The molecule has 0 aliphatic rings. The van der Waals surface area contributed by atoms with Crippen LogP contribution in [0.2, 0.25) is 0 Å². The number of pyridine rings is 1. The Morgan fingerprint density at radius 2 is 2.17 bits per heavy atom. The van der Waals surface area contributed by atoms with Crippen LogP contribution in [0.25, 0.3) is 0 Å². The molecule has 0 bridgehead atoms. The second kappa shape index (κ2) is 6.12. The molecule has 0 atom stereocenters. The van der Waals surface area contributed by atoms with Gasteiger partial charge in [-0.05, 0) is 24.5 Å². The quantitative estimate of drug-likeness (QED) is 0.596. The predicted molar refractivity (Wildman–Crippen MR) is 71.3 cm³/mol. The van der Waals surface area contributed by atoms with Crippen molar-refractivity contribution in [3.63, 3.8) is 0 Å². The van der Waals surface area contributed by atoms with E-state index in [-0.39, 0.29) is 5.03 Å². The van der Waals surface area contributed by atoms with E-state index in [9.17, 15) is 8.42 Å². The van der Waals surface area contributed by atoms with E-state index in [1.807, 2.05) is 13.8 Å². The van der Waals surface area contributed by atoms with E-state index >= 15 is 0 Å². The minimum absolute atomic E-state index is 0.0428. The molecule has 1 rings (SSSR count). The highest BCUT2D eigenvalue weighted by atomic mass is 32.2. The summed E-state index contributed by atoms with van der Waals surface area (Å²) in [4.78, 5) is 3.90. The normalized spacial score (nSPS) is 12.1. The summed E-state index contributed by atoms with van der Waals surface area (Å²) in [6.45, 7) is 4.56. The Morgan fingerprint density at radius 3 is 2.72 bits per heavy atom. The van der Waals surface area contributed by atoms with Gasteiger partial charge < -0.3 is 5.43 Å².